The molecular weight excluding hydrogens is 789 g/mol. The fourth-order valence-corrected chi connectivity index (χ4v) is 10.6. The number of nitrogens with zero attached hydrogens (tertiary/aromatic N) is 8. The minimum Gasteiger partial charge on any atom is -0.488 e. The molecule has 3 saturated heterocycles. The van der Waals surface area contributed by atoms with Gasteiger partial charge in [-0.25, -0.2) is 0 Å². The molecule has 6 heterocycles. The summed E-state index contributed by atoms with van der Waals surface area (Å²) >= 11 is 0. The van der Waals surface area contributed by atoms with Crippen molar-refractivity contribution in [1.82, 2.24) is 35.6 Å². The fraction of sp³-hybridized carbons (Fsp3) is 0.457. The van der Waals surface area contributed by atoms with E-state index in [9.17, 15) is 29.2 Å². The lowest BCUT2D eigenvalue weighted by Crippen LogP contribution is -2.74. The highest BCUT2D eigenvalue weighted by Gasteiger charge is 2.64. The minimum atomic E-state index is -0.982. The molecule has 2 aromatic heterocycles. The van der Waals surface area contributed by atoms with E-state index in [0.717, 1.165) is 80.4 Å². The first-order chi connectivity index (χ1) is 29.7. The normalized spacial score (nSPS) is 23.7. The zero-order chi connectivity index (χ0) is 43.5. The van der Waals surface area contributed by atoms with Crippen LogP contribution < -0.4 is 25.2 Å². The summed E-state index contributed by atoms with van der Waals surface area (Å²) in [5.41, 5.74) is 1.98. The molecule has 62 heavy (non-hydrogen) atoms. The molecule has 5 amide bonds. The monoisotopic (exact) mass is 838 g/mol. The van der Waals surface area contributed by atoms with Gasteiger partial charge < -0.3 is 19.9 Å². The fourth-order valence-electron chi connectivity index (χ4n) is 10.6. The number of pyridine rings is 1. The Bertz CT molecular complexity index is 2500. The number of nitrogens with one attached hydrogen (secondary N) is 2. The van der Waals surface area contributed by atoms with Gasteiger partial charge in [0.2, 0.25) is 11.8 Å². The summed E-state index contributed by atoms with van der Waals surface area (Å²) < 4.78 is 6.63. The number of benzene rings is 2. The number of hydrogen-bond donors (Lipinski definition) is 2. The highest BCUT2D eigenvalue weighted by molar-refractivity contribution is 6.23. The molecule has 5 aliphatic rings. The topological polar surface area (TPSA) is 194 Å². The Morgan fingerprint density at radius 3 is 2.31 bits per heavy atom. The van der Waals surface area contributed by atoms with Gasteiger partial charge in [0, 0.05) is 86.4 Å². The van der Waals surface area contributed by atoms with Crippen LogP contribution in [-0.2, 0) is 9.59 Å². The Balaban J connectivity index is 0.740. The van der Waals surface area contributed by atoms with Crippen LogP contribution in [0.4, 0.5) is 11.5 Å². The molecule has 9 rings (SSSR count). The Kier molecular flexibility index (Phi) is 10.4. The van der Waals surface area contributed by atoms with E-state index >= 15 is 0 Å². The molecular formula is C46H50N10O6. The molecule has 0 radical (unpaired) electrons. The summed E-state index contributed by atoms with van der Waals surface area (Å²) in [6, 6.07) is 17.2. The van der Waals surface area contributed by atoms with Crippen molar-refractivity contribution in [2.75, 3.05) is 55.6 Å². The number of imide groups is 2. The zero-order valence-electron chi connectivity index (χ0n) is 35.4. The molecule has 4 fully saturated rings. The smallest absolute Gasteiger partial charge is 0.272 e. The van der Waals surface area contributed by atoms with Gasteiger partial charge in [-0.2, -0.15) is 5.26 Å². The van der Waals surface area contributed by atoms with Gasteiger partial charge in [0.15, 0.2) is 11.5 Å². The molecule has 1 unspecified atom stereocenters. The molecule has 1 saturated carbocycles. The molecule has 2 N–H and O–H groups in total. The number of nitriles is 1. The van der Waals surface area contributed by atoms with Crippen molar-refractivity contribution in [3.8, 4) is 11.8 Å². The Morgan fingerprint density at radius 2 is 1.61 bits per heavy atom. The first-order valence-corrected chi connectivity index (χ1v) is 21.4. The van der Waals surface area contributed by atoms with Crippen LogP contribution in [0, 0.1) is 28.1 Å². The van der Waals surface area contributed by atoms with Crippen LogP contribution >= 0.6 is 0 Å². The van der Waals surface area contributed by atoms with Crippen LogP contribution in [0.2, 0.25) is 0 Å². The third-order valence-corrected chi connectivity index (χ3v) is 13.7. The SMILES string of the molecule is CC1(C)[C@H](NC(=O)c2ccc(N3CCC(CN4CCN(c5ccc6c(c5)C(=O)N(C5CCC(=O)NC5=O)C6=O)CC4)CC3)nn2)C(C)(C)[C@H]1Oc1ccc(C#N)c2ncccc12. The molecule has 1 atom stereocenters. The van der Waals surface area contributed by atoms with Gasteiger partial charge in [0.1, 0.15) is 24.0 Å². The summed E-state index contributed by atoms with van der Waals surface area (Å²) in [7, 11) is 0. The number of rotatable bonds is 9. The second kappa shape index (κ2) is 15.8. The first-order valence-electron chi connectivity index (χ1n) is 21.4. The Hall–Kier alpha value is -6.47. The average Bonchev–Trinajstić information content (AvgIpc) is 3.52. The molecule has 320 valence electrons. The van der Waals surface area contributed by atoms with Crippen LogP contribution in [0.25, 0.3) is 10.9 Å². The highest BCUT2D eigenvalue weighted by atomic mass is 16.5. The number of hydrogen-bond acceptors (Lipinski definition) is 13. The van der Waals surface area contributed by atoms with Gasteiger partial charge in [0.05, 0.1) is 22.2 Å². The summed E-state index contributed by atoms with van der Waals surface area (Å²) in [6.07, 6.45) is 3.68. The van der Waals surface area contributed by atoms with E-state index < -0.39 is 40.5 Å². The molecule has 0 spiro atoms. The predicted molar refractivity (Wildman–Crippen MR) is 228 cm³/mol. The van der Waals surface area contributed by atoms with Crippen molar-refractivity contribution < 1.29 is 28.7 Å². The molecule has 4 aromatic rings. The van der Waals surface area contributed by atoms with Gasteiger partial charge >= 0.3 is 0 Å². The summed E-state index contributed by atoms with van der Waals surface area (Å²) in [5, 5.41) is 24.6. The van der Waals surface area contributed by atoms with Crippen molar-refractivity contribution in [2.45, 2.75) is 71.6 Å². The molecule has 16 nitrogen and oxygen atoms in total. The van der Waals surface area contributed by atoms with Crippen LogP contribution in [0.1, 0.15) is 90.1 Å². The zero-order valence-corrected chi connectivity index (χ0v) is 35.4. The average molecular weight is 839 g/mol. The number of carbonyl (C=O) groups excluding carboxylic acids is 5. The van der Waals surface area contributed by atoms with E-state index in [2.05, 4.69) is 74.3 Å². The van der Waals surface area contributed by atoms with E-state index in [4.69, 9.17) is 4.74 Å². The Morgan fingerprint density at radius 1 is 0.871 bits per heavy atom. The quantitative estimate of drug-likeness (QED) is 0.231. The lowest BCUT2D eigenvalue weighted by Gasteiger charge is -2.63. The first kappa shape index (κ1) is 40.9. The van der Waals surface area contributed by atoms with E-state index in [1.54, 1.807) is 30.5 Å². The maximum absolute atomic E-state index is 13.5. The largest absolute Gasteiger partial charge is 0.488 e. The van der Waals surface area contributed by atoms with Gasteiger partial charge in [-0.3, -0.25) is 44.1 Å². The number of piperidine rings is 2. The standard InChI is InChI=1S/C46H50N10O6/c1-45(2)43(46(3,4)44(45)62-35-12-7-28(25-47)38-31(35)6-5-17-48-38)50-39(58)33-10-13-36(52-51-33)55-18-15-27(16-19-55)26-53-20-22-54(23-21-53)29-8-9-30-32(24-29)42(61)56(41(30)60)34-11-14-37(57)49-40(34)59/h5-10,12-13,17,24,27,34,43-44H,11,14-16,18-23,26H2,1-4H3,(H,50,58)(H,49,57,59)/t34?,43-,44-. The van der Waals surface area contributed by atoms with Crippen molar-refractivity contribution in [1.29, 1.82) is 5.26 Å². The second-order valence-corrected chi connectivity index (χ2v) is 18.3. The van der Waals surface area contributed by atoms with E-state index in [1.165, 1.54) is 0 Å². The molecule has 1 aliphatic carbocycles. The van der Waals surface area contributed by atoms with Crippen molar-refractivity contribution in [3.63, 3.8) is 0 Å². The number of anilines is 2. The van der Waals surface area contributed by atoms with Gasteiger partial charge in [-0.05, 0) is 79.8 Å². The predicted octanol–water partition coefficient (Wildman–Crippen LogP) is 3.95. The maximum atomic E-state index is 13.5. The number of carbonyl (C=O) groups is 5. The van der Waals surface area contributed by atoms with Crippen molar-refractivity contribution in [2.24, 2.45) is 16.7 Å². The summed E-state index contributed by atoms with van der Waals surface area (Å²) in [4.78, 5) is 76.5. The van der Waals surface area contributed by atoms with Crippen molar-refractivity contribution in [3.05, 3.63) is 83.2 Å². The second-order valence-electron chi connectivity index (χ2n) is 18.3. The Labute approximate surface area is 359 Å². The number of ether oxygens (including phenoxy) is 1. The number of piperazine rings is 1. The molecule has 0 bridgehead atoms. The number of amides is 5. The lowest BCUT2D eigenvalue weighted by atomic mass is 9.49. The number of fused-ring (bicyclic) bond motifs is 2. The van der Waals surface area contributed by atoms with Crippen LogP contribution in [0.5, 0.6) is 5.75 Å². The third-order valence-electron chi connectivity index (χ3n) is 13.7. The van der Waals surface area contributed by atoms with Gasteiger partial charge in [0.25, 0.3) is 17.7 Å². The highest BCUT2D eigenvalue weighted by Crippen LogP contribution is 2.56. The summed E-state index contributed by atoms with van der Waals surface area (Å²) in [5.74, 6) is -0.338. The molecule has 2 aromatic carbocycles. The van der Waals surface area contributed by atoms with Crippen LogP contribution in [-0.4, -0.2) is 119 Å². The lowest BCUT2D eigenvalue weighted by molar-refractivity contribution is -0.163. The minimum absolute atomic E-state index is 0.0849. The number of aromatic nitrogens is 3. The van der Waals surface area contributed by atoms with Gasteiger partial charge in [-0.1, -0.05) is 27.7 Å². The molecule has 4 aliphatic heterocycles. The van der Waals surface area contributed by atoms with E-state index in [-0.39, 0.29) is 42.2 Å². The van der Waals surface area contributed by atoms with Crippen LogP contribution in [0.3, 0.4) is 0 Å². The third kappa shape index (κ3) is 7.17. The van der Waals surface area contributed by atoms with Crippen molar-refractivity contribution >= 4 is 51.9 Å². The van der Waals surface area contributed by atoms with E-state index in [1.807, 2.05) is 30.3 Å². The molecule has 16 heteroatoms. The summed E-state index contributed by atoms with van der Waals surface area (Å²) in [6.45, 7) is 14.3. The van der Waals surface area contributed by atoms with Gasteiger partial charge in [-0.15, -0.1) is 10.2 Å². The maximum Gasteiger partial charge on any atom is 0.272 e. The van der Waals surface area contributed by atoms with Crippen LogP contribution in [0.15, 0.2) is 60.8 Å². The van der Waals surface area contributed by atoms with E-state index in [0.29, 0.717) is 28.3 Å².